The van der Waals surface area contributed by atoms with Gasteiger partial charge in [0.1, 0.15) is 14.1 Å². The van der Waals surface area contributed by atoms with Crippen LogP contribution in [0.1, 0.15) is 16.5 Å². The zero-order valence-corrected chi connectivity index (χ0v) is 24.5. The number of carbonyl (C=O) groups excluding carboxylic acids is 1. The van der Waals surface area contributed by atoms with E-state index < -0.39 is 25.7 Å². The molecular formula is C26H27Br2NO3SSi. The predicted octanol–water partition coefficient (Wildman–Crippen LogP) is 7.44. The smallest absolute Gasteiger partial charge is 0.353 e. The molecule has 0 unspecified atom stereocenters. The molecule has 0 aliphatic carbocycles. The van der Waals surface area contributed by atoms with Crippen LogP contribution >= 0.6 is 43.2 Å². The first-order valence-electron chi connectivity index (χ1n) is 10.7. The van der Waals surface area contributed by atoms with E-state index in [9.17, 15) is 4.79 Å². The number of esters is 1. The number of hydrogen-bond donors (Lipinski definition) is 1. The first-order chi connectivity index (χ1) is 16.1. The van der Waals surface area contributed by atoms with Gasteiger partial charge in [0, 0.05) is 19.5 Å². The molecular weight excluding hydrogens is 594 g/mol. The van der Waals surface area contributed by atoms with Gasteiger partial charge in [0.2, 0.25) is 0 Å². The number of anilines is 1. The van der Waals surface area contributed by atoms with Crippen LogP contribution in [0.2, 0.25) is 19.6 Å². The number of methoxy groups -OCH3 is 1. The van der Waals surface area contributed by atoms with Crippen LogP contribution in [0.5, 0.6) is 0 Å². The summed E-state index contributed by atoms with van der Waals surface area (Å²) in [6.45, 7) is 6.61. The Kier molecular flexibility index (Phi) is 9.18. The minimum absolute atomic E-state index is 0.201. The molecule has 0 amide bonds. The zero-order chi connectivity index (χ0) is 24.8. The Labute approximate surface area is 223 Å². The average molecular weight is 621 g/mol. The molecule has 3 rings (SSSR count). The lowest BCUT2D eigenvalue weighted by molar-refractivity contribution is -0.165. The average Bonchev–Trinajstić information content (AvgIpc) is 3.34. The summed E-state index contributed by atoms with van der Waals surface area (Å²) in [5.41, 5.74) is 3.59. The molecule has 2 aromatic carbocycles. The third kappa shape index (κ3) is 7.06. The third-order valence-corrected chi connectivity index (χ3v) is 7.75. The number of halogens is 2. The molecule has 4 nitrogen and oxygen atoms in total. The van der Waals surface area contributed by atoms with Crippen LogP contribution in [0.4, 0.5) is 5.69 Å². The van der Waals surface area contributed by atoms with Crippen molar-refractivity contribution in [2.75, 3.05) is 12.4 Å². The highest BCUT2D eigenvalue weighted by atomic mass is 79.9. The maximum atomic E-state index is 13.5. The second kappa shape index (κ2) is 11.7. The molecule has 1 heterocycles. The molecule has 8 heteroatoms. The van der Waals surface area contributed by atoms with E-state index in [4.69, 9.17) is 9.47 Å². The topological polar surface area (TPSA) is 47.6 Å². The fourth-order valence-corrected chi connectivity index (χ4v) is 5.09. The summed E-state index contributed by atoms with van der Waals surface area (Å²) in [5, 5.41) is 5.50. The normalized spacial score (nSPS) is 13.8. The van der Waals surface area contributed by atoms with Gasteiger partial charge in [0.05, 0.1) is 13.7 Å². The SMILES string of the molecule is COC(=O)[C@@](C#C[Si](C)(C)C)(OCc1ccc(Br)cc1)[C@@H](Nc1ccc(Br)cc1)c1cccs1. The molecule has 34 heavy (non-hydrogen) atoms. The number of benzene rings is 2. The zero-order valence-electron chi connectivity index (χ0n) is 19.5. The quantitative estimate of drug-likeness (QED) is 0.162. The van der Waals surface area contributed by atoms with Gasteiger partial charge in [-0.2, -0.15) is 0 Å². The van der Waals surface area contributed by atoms with E-state index in [1.165, 1.54) is 7.11 Å². The van der Waals surface area contributed by atoms with Crippen molar-refractivity contribution in [2.24, 2.45) is 0 Å². The van der Waals surface area contributed by atoms with Crippen LogP contribution in [-0.4, -0.2) is 26.8 Å². The number of carbonyl (C=O) groups is 1. The van der Waals surface area contributed by atoms with Crippen molar-refractivity contribution >= 4 is 62.9 Å². The maximum Gasteiger partial charge on any atom is 0.353 e. The van der Waals surface area contributed by atoms with Gasteiger partial charge in [0.25, 0.3) is 5.60 Å². The largest absolute Gasteiger partial charge is 0.466 e. The van der Waals surface area contributed by atoms with Gasteiger partial charge in [-0.15, -0.1) is 16.9 Å². The standard InChI is InChI=1S/C26H27Br2NO3SSi/c1-31-25(30)26(15-17-34(2,3)4,32-18-19-7-9-20(27)10-8-19)24(23-6-5-16-33-23)29-22-13-11-21(28)12-14-22/h5-14,16,24,29H,18H2,1-4H3/t24-,26-/m0/s1. The number of nitrogens with one attached hydrogen (secondary N) is 1. The van der Waals surface area contributed by atoms with Crippen LogP contribution in [0.25, 0.3) is 0 Å². The van der Waals surface area contributed by atoms with Gasteiger partial charge in [-0.05, 0) is 53.4 Å². The summed E-state index contributed by atoms with van der Waals surface area (Å²) in [4.78, 5) is 14.4. The molecule has 1 aromatic heterocycles. The number of hydrogen-bond acceptors (Lipinski definition) is 5. The van der Waals surface area contributed by atoms with Gasteiger partial charge in [-0.3, -0.25) is 0 Å². The Morgan fingerprint density at radius 2 is 1.68 bits per heavy atom. The highest BCUT2D eigenvalue weighted by Crippen LogP contribution is 2.37. The number of rotatable bonds is 8. The van der Waals surface area contributed by atoms with Crippen molar-refractivity contribution in [1.29, 1.82) is 0 Å². The van der Waals surface area contributed by atoms with Crippen molar-refractivity contribution in [2.45, 2.75) is 37.9 Å². The molecule has 0 aliphatic rings. The van der Waals surface area contributed by atoms with Gasteiger partial charge < -0.3 is 14.8 Å². The molecule has 0 bridgehead atoms. The lowest BCUT2D eigenvalue weighted by Gasteiger charge is -2.35. The van der Waals surface area contributed by atoms with Gasteiger partial charge in [0.15, 0.2) is 0 Å². The number of ether oxygens (including phenoxy) is 2. The van der Waals surface area contributed by atoms with Crippen molar-refractivity contribution < 1.29 is 14.3 Å². The van der Waals surface area contributed by atoms with Gasteiger partial charge >= 0.3 is 5.97 Å². The Morgan fingerprint density at radius 3 is 2.21 bits per heavy atom. The summed E-state index contributed by atoms with van der Waals surface area (Å²) >= 11 is 8.49. The minimum atomic E-state index is -1.86. The Bertz CT molecular complexity index is 1150. The minimum Gasteiger partial charge on any atom is -0.466 e. The third-order valence-electron chi connectivity index (χ3n) is 4.88. The molecule has 178 valence electrons. The molecule has 1 N–H and O–H groups in total. The first-order valence-corrected chi connectivity index (χ1v) is 16.7. The van der Waals surface area contributed by atoms with E-state index in [1.807, 2.05) is 66.0 Å². The molecule has 0 radical (unpaired) electrons. The fourth-order valence-electron chi connectivity index (χ4n) is 3.17. The highest BCUT2D eigenvalue weighted by molar-refractivity contribution is 9.10. The molecule has 0 saturated carbocycles. The van der Waals surface area contributed by atoms with Crippen LogP contribution in [0.15, 0.2) is 75.0 Å². The summed E-state index contributed by atoms with van der Waals surface area (Å²) in [6, 6.07) is 19.0. The molecule has 3 aromatic rings. The van der Waals surface area contributed by atoms with E-state index in [0.717, 1.165) is 25.1 Å². The molecule has 0 saturated heterocycles. The molecule has 2 atom stereocenters. The Morgan fingerprint density at radius 1 is 1.06 bits per heavy atom. The van der Waals surface area contributed by atoms with Crippen molar-refractivity contribution in [3.05, 3.63) is 85.4 Å². The van der Waals surface area contributed by atoms with Gasteiger partial charge in [-0.25, -0.2) is 4.79 Å². The van der Waals surface area contributed by atoms with Crippen LogP contribution in [0, 0.1) is 11.5 Å². The van der Waals surface area contributed by atoms with E-state index in [1.54, 1.807) is 11.3 Å². The van der Waals surface area contributed by atoms with Crippen molar-refractivity contribution in [3.8, 4) is 11.5 Å². The monoisotopic (exact) mass is 619 g/mol. The van der Waals surface area contributed by atoms with Gasteiger partial charge in [-0.1, -0.05) is 75.6 Å². The second-order valence-electron chi connectivity index (χ2n) is 8.74. The summed E-state index contributed by atoms with van der Waals surface area (Å²) < 4.78 is 13.7. The summed E-state index contributed by atoms with van der Waals surface area (Å²) in [5.74, 6) is 2.74. The molecule has 0 aliphatic heterocycles. The van der Waals surface area contributed by atoms with Crippen molar-refractivity contribution in [1.82, 2.24) is 0 Å². The van der Waals surface area contributed by atoms with E-state index in [-0.39, 0.29) is 6.61 Å². The summed E-state index contributed by atoms with van der Waals surface area (Å²) in [6.07, 6.45) is 0. The fraction of sp³-hybridized carbons (Fsp3) is 0.269. The maximum absolute atomic E-state index is 13.5. The van der Waals surface area contributed by atoms with E-state index in [2.05, 4.69) is 68.3 Å². The molecule has 0 fully saturated rings. The number of thiophene rings is 1. The summed E-state index contributed by atoms with van der Waals surface area (Å²) in [7, 11) is -0.481. The highest BCUT2D eigenvalue weighted by Gasteiger charge is 2.49. The van der Waals surface area contributed by atoms with Crippen LogP contribution in [0.3, 0.4) is 0 Å². The van der Waals surface area contributed by atoms with E-state index >= 15 is 0 Å². The van der Waals surface area contributed by atoms with Crippen LogP contribution < -0.4 is 5.32 Å². The predicted molar refractivity (Wildman–Crippen MR) is 150 cm³/mol. The van der Waals surface area contributed by atoms with E-state index in [0.29, 0.717) is 0 Å². The first kappa shape index (κ1) is 26.7. The lowest BCUT2D eigenvalue weighted by Crippen LogP contribution is -2.49. The molecule has 0 spiro atoms. The second-order valence-corrected chi connectivity index (χ2v) is 16.3. The Balaban J connectivity index is 2.14. The Hall–Kier alpha value is -1.89. The lowest BCUT2D eigenvalue weighted by atomic mass is 9.92. The van der Waals surface area contributed by atoms with Crippen LogP contribution in [-0.2, 0) is 20.9 Å². The van der Waals surface area contributed by atoms with Crippen molar-refractivity contribution in [3.63, 3.8) is 0 Å².